The van der Waals surface area contributed by atoms with E-state index in [1.54, 1.807) is 0 Å². The van der Waals surface area contributed by atoms with Crippen LogP contribution in [0.5, 0.6) is 0 Å². The molecule has 9 heteroatoms. The van der Waals surface area contributed by atoms with Gasteiger partial charge >= 0.3 is 0 Å². The van der Waals surface area contributed by atoms with E-state index in [1.807, 2.05) is 18.5 Å². The highest BCUT2D eigenvalue weighted by Gasteiger charge is 2.22. The predicted molar refractivity (Wildman–Crippen MR) is 106 cm³/mol. The molecule has 0 spiro atoms. The van der Waals surface area contributed by atoms with Gasteiger partial charge in [-0.1, -0.05) is 22.0 Å². The molecule has 0 atom stereocenters. The summed E-state index contributed by atoms with van der Waals surface area (Å²) in [5.41, 5.74) is 8.25. The van der Waals surface area contributed by atoms with Crippen molar-refractivity contribution >= 4 is 61.1 Å². The van der Waals surface area contributed by atoms with Crippen molar-refractivity contribution < 1.29 is 0 Å². The smallest absolute Gasteiger partial charge is 0.148 e. The van der Waals surface area contributed by atoms with Crippen molar-refractivity contribution in [3.63, 3.8) is 0 Å². The van der Waals surface area contributed by atoms with E-state index >= 15 is 0 Å². The summed E-state index contributed by atoms with van der Waals surface area (Å²) in [5, 5.41) is 4.63. The number of aromatic nitrogens is 3. The van der Waals surface area contributed by atoms with Gasteiger partial charge in [0, 0.05) is 0 Å². The fourth-order valence-corrected chi connectivity index (χ4v) is 3.47. The Morgan fingerprint density at radius 2 is 1.71 bits per heavy atom. The first-order chi connectivity index (χ1) is 9.79. The Kier molecular flexibility index (Phi) is 4.50. The van der Waals surface area contributed by atoms with Crippen LogP contribution in [0.3, 0.4) is 0 Å². The molecule has 2 rings (SSSR count). The zero-order valence-electron chi connectivity index (χ0n) is 14.6. The molecule has 0 aliphatic heterocycles. The fraction of sp³-hybridized carbons (Fsp3) is 0.333. The van der Waals surface area contributed by atoms with Crippen molar-refractivity contribution in [2.45, 2.75) is 27.7 Å². The lowest BCUT2D eigenvalue weighted by atomic mass is 9.16. The van der Waals surface area contributed by atoms with Crippen molar-refractivity contribution in [2.75, 3.05) is 0 Å². The Morgan fingerprint density at radius 1 is 1.10 bits per heavy atom. The van der Waals surface area contributed by atoms with Crippen molar-refractivity contribution in [2.24, 2.45) is 0 Å². The van der Waals surface area contributed by atoms with Gasteiger partial charge in [0.15, 0.2) is 0 Å². The van der Waals surface area contributed by atoms with E-state index in [1.165, 1.54) is 33.2 Å². The van der Waals surface area contributed by atoms with Gasteiger partial charge in [-0.05, 0) is 33.3 Å². The number of nitrogens with zero attached hydrogens (tertiary/aromatic N) is 3. The van der Waals surface area contributed by atoms with Crippen LogP contribution in [-0.2, 0) is 0 Å². The average molecular weight is 272 g/mol. The van der Waals surface area contributed by atoms with Crippen molar-refractivity contribution in [1.29, 1.82) is 0 Å². The van der Waals surface area contributed by atoms with Crippen LogP contribution in [0.15, 0.2) is 0 Å². The van der Waals surface area contributed by atoms with Crippen LogP contribution in [0.2, 0.25) is 0 Å². The maximum Gasteiger partial charge on any atom is 0.148 e. The molecule has 0 saturated carbocycles. The molecule has 0 N–H and O–H groups in total. The normalized spacial score (nSPS) is 10.7. The maximum absolute atomic E-state index is 4.63. The summed E-state index contributed by atoms with van der Waals surface area (Å²) in [4.78, 5) is 4.48. The summed E-state index contributed by atoms with van der Waals surface area (Å²) in [6, 6.07) is 0. The third kappa shape index (κ3) is 2.63. The van der Waals surface area contributed by atoms with E-state index in [0.29, 0.717) is 6.49 Å². The summed E-state index contributed by atoms with van der Waals surface area (Å²) in [6.45, 7) is 8.92. The van der Waals surface area contributed by atoms with Gasteiger partial charge in [-0.3, -0.25) is 0 Å². The molecule has 21 heavy (non-hydrogen) atoms. The van der Waals surface area contributed by atoms with Gasteiger partial charge in [0.05, 0.1) is 28.9 Å². The molecule has 0 unspecified atom stereocenters. The second-order valence-corrected chi connectivity index (χ2v) is 6.24. The third-order valence-electron chi connectivity index (χ3n) is 4.50. The van der Waals surface area contributed by atoms with Crippen molar-refractivity contribution in [1.82, 2.24) is 14.8 Å². The number of rotatable bonds is 3. The van der Waals surface area contributed by atoms with Gasteiger partial charge < -0.3 is 0 Å². The molecule has 102 valence electrons. The lowest BCUT2D eigenvalue weighted by molar-refractivity contribution is 0.830. The van der Waals surface area contributed by atoms with Crippen LogP contribution in [0.4, 0.5) is 0 Å². The van der Waals surface area contributed by atoms with Crippen LogP contribution in [0.25, 0.3) is 5.69 Å². The number of hydrogen-bond donors (Lipinski definition) is 0. The number of aryl methyl sites for hydroxylation is 2. The summed E-state index contributed by atoms with van der Waals surface area (Å²) in [7, 11) is 10.1. The first-order valence-corrected chi connectivity index (χ1v) is 7.82. The topological polar surface area (TPSA) is 30.7 Å². The van der Waals surface area contributed by atoms with E-state index in [-0.39, 0.29) is 0 Å². The third-order valence-corrected chi connectivity index (χ3v) is 4.50. The van der Waals surface area contributed by atoms with Gasteiger partial charge in [0.1, 0.15) is 33.2 Å². The first kappa shape index (κ1) is 16.1. The molecule has 0 aliphatic carbocycles. The molecule has 0 radical (unpaired) electrons. The average Bonchev–Trinajstić information content (AvgIpc) is 2.72. The second kappa shape index (κ2) is 5.86. The van der Waals surface area contributed by atoms with Crippen LogP contribution < -0.4 is 16.4 Å². The zero-order chi connectivity index (χ0) is 15.9. The van der Waals surface area contributed by atoms with Crippen molar-refractivity contribution in [3.05, 3.63) is 22.8 Å². The highest BCUT2D eigenvalue weighted by Crippen LogP contribution is 2.13. The summed E-state index contributed by atoms with van der Waals surface area (Å²) in [5.74, 6) is 1.79. The molecule has 0 saturated heterocycles. The van der Waals surface area contributed by atoms with E-state index in [0.717, 1.165) is 18.8 Å². The fourth-order valence-electron chi connectivity index (χ4n) is 3.47. The Hall–Kier alpha value is -1.25. The van der Waals surface area contributed by atoms with Gasteiger partial charge in [0.25, 0.3) is 0 Å². The van der Waals surface area contributed by atoms with Gasteiger partial charge in [-0.2, -0.15) is 5.10 Å². The minimum Gasteiger partial charge on any atom is -0.218 e. The minimum absolute atomic E-state index is 0.466. The zero-order valence-corrected chi connectivity index (χ0v) is 14.6. The molecule has 0 amide bonds. The maximum atomic E-state index is 4.63. The van der Waals surface area contributed by atoms with E-state index in [4.69, 9.17) is 0 Å². The molecule has 3 nitrogen and oxygen atoms in total. The number of benzene rings is 1. The largest absolute Gasteiger partial charge is 0.218 e. The molecule has 0 fully saturated rings. The highest BCUT2D eigenvalue weighted by atomic mass is 15.3. The van der Waals surface area contributed by atoms with Gasteiger partial charge in [-0.15, -0.1) is 0 Å². The van der Waals surface area contributed by atoms with E-state index < -0.39 is 0 Å². The molecular weight excluding hydrogens is 251 g/mol. The summed E-state index contributed by atoms with van der Waals surface area (Å²) in [6.07, 6.45) is 0. The molecule has 0 aliphatic rings. The van der Waals surface area contributed by atoms with Crippen molar-refractivity contribution in [3.8, 4) is 5.69 Å². The van der Waals surface area contributed by atoms with Crippen LogP contribution in [0, 0.1) is 27.7 Å². The second-order valence-electron chi connectivity index (χ2n) is 6.24. The Bertz CT molecular complexity index is 695. The monoisotopic (exact) mass is 273 g/mol. The molecule has 2 aromatic rings. The molecule has 0 bridgehead atoms. The first-order valence-electron chi connectivity index (χ1n) is 7.82. The SMILES string of the molecule is BBc1c(B)c(C)c(-n2nc(C)nc2C)c(B(B)B)c1C. The van der Waals surface area contributed by atoms with Gasteiger partial charge in [0.2, 0.25) is 0 Å². The lowest BCUT2D eigenvalue weighted by Gasteiger charge is -2.24. The molecule has 1 heterocycles. The lowest BCUT2D eigenvalue weighted by Crippen LogP contribution is -2.48. The van der Waals surface area contributed by atoms with Crippen LogP contribution in [0.1, 0.15) is 22.8 Å². The standard InChI is InChI=1S/C12H21B6N3/c1-5-9(13)10(17-14)6(2)11(18(15)16)12(5)21-8(4)19-7(3)20-21/h17H,13-16H2,1-4H3. The van der Waals surface area contributed by atoms with E-state index in [2.05, 4.69) is 55.0 Å². The minimum atomic E-state index is 0.466. The van der Waals surface area contributed by atoms with Crippen LogP contribution in [-0.4, -0.2) is 59.5 Å². The Balaban J connectivity index is 2.91. The molecular formula is C12H21B6N3. The van der Waals surface area contributed by atoms with Crippen LogP contribution >= 0.6 is 0 Å². The summed E-state index contributed by atoms with van der Waals surface area (Å²) < 4.78 is 2.03. The van der Waals surface area contributed by atoms with Gasteiger partial charge in [-0.25, -0.2) is 9.67 Å². The highest BCUT2D eigenvalue weighted by molar-refractivity contribution is 7.35. The summed E-state index contributed by atoms with van der Waals surface area (Å²) >= 11 is 0. The Morgan fingerprint density at radius 3 is 2.14 bits per heavy atom. The van der Waals surface area contributed by atoms with E-state index in [9.17, 15) is 0 Å². The molecule has 1 aromatic carbocycles. The molecule has 1 aromatic heterocycles. The Labute approximate surface area is 132 Å². The quantitative estimate of drug-likeness (QED) is 0.526. The number of hydrogen-bond acceptors (Lipinski definition) is 2. The predicted octanol–water partition coefficient (Wildman–Crippen LogP) is -4.67.